The zero-order chi connectivity index (χ0) is 41.0. The normalized spacial score (nSPS) is 15.2. The van der Waals surface area contributed by atoms with Gasteiger partial charge in [0.2, 0.25) is 0 Å². The van der Waals surface area contributed by atoms with E-state index >= 15 is 0 Å². The van der Waals surface area contributed by atoms with Gasteiger partial charge in [0.15, 0.2) is 5.82 Å². The van der Waals surface area contributed by atoms with Crippen LogP contribution in [0.2, 0.25) is 0 Å². The van der Waals surface area contributed by atoms with Gasteiger partial charge in [0.05, 0.1) is 16.8 Å². The summed E-state index contributed by atoms with van der Waals surface area (Å²) in [5.41, 5.74) is 18.1. The molecule has 0 bridgehead atoms. The topological polar surface area (TPSA) is 35.0 Å². The first-order valence-electron chi connectivity index (χ1n) is 21.4. The zero-order valence-electron chi connectivity index (χ0n) is 33.9. The van der Waals surface area contributed by atoms with Gasteiger partial charge in [-0.15, -0.1) is 0 Å². The fourth-order valence-corrected chi connectivity index (χ4v) is 10.00. The summed E-state index contributed by atoms with van der Waals surface area (Å²) < 4.78 is 6.87. The lowest BCUT2D eigenvalue weighted by atomic mass is 9.66. The average molecular weight is 793 g/mol. The number of benzene rings is 8. The summed E-state index contributed by atoms with van der Waals surface area (Å²) in [4.78, 5) is 10.5. The third kappa shape index (κ3) is 5.89. The van der Waals surface area contributed by atoms with E-state index in [4.69, 9.17) is 14.7 Å². The largest absolute Gasteiger partial charge is 0.457 e. The molecule has 0 saturated carbocycles. The molecule has 0 fully saturated rings. The van der Waals surface area contributed by atoms with Crippen LogP contribution >= 0.6 is 0 Å². The molecule has 0 amide bonds. The van der Waals surface area contributed by atoms with Crippen LogP contribution in [0.4, 0.5) is 0 Å². The monoisotopic (exact) mass is 792 g/mol. The molecule has 3 heteroatoms. The highest BCUT2D eigenvalue weighted by molar-refractivity contribution is 5.89. The predicted octanol–water partition coefficient (Wildman–Crippen LogP) is 14.7. The van der Waals surface area contributed by atoms with Gasteiger partial charge in [-0.2, -0.15) is 0 Å². The molecule has 2 aliphatic carbocycles. The van der Waals surface area contributed by atoms with E-state index in [2.05, 4.69) is 218 Å². The Kier molecular flexibility index (Phi) is 8.53. The van der Waals surface area contributed by atoms with Crippen LogP contribution < -0.4 is 4.74 Å². The molecule has 1 atom stereocenters. The highest BCUT2D eigenvalue weighted by atomic mass is 16.5. The van der Waals surface area contributed by atoms with Gasteiger partial charge in [-0.05, 0) is 80.3 Å². The minimum atomic E-state index is -0.481. The van der Waals surface area contributed by atoms with Gasteiger partial charge in [0, 0.05) is 28.2 Å². The van der Waals surface area contributed by atoms with Crippen molar-refractivity contribution in [2.45, 2.75) is 17.8 Å². The summed E-state index contributed by atoms with van der Waals surface area (Å²) in [7, 11) is 0. The van der Waals surface area contributed by atoms with Crippen LogP contribution in [0.3, 0.4) is 0 Å². The van der Waals surface area contributed by atoms with Crippen LogP contribution in [-0.2, 0) is 5.41 Å². The summed E-state index contributed by atoms with van der Waals surface area (Å²) in [5, 5.41) is 0. The minimum Gasteiger partial charge on any atom is -0.457 e. The molecule has 292 valence electrons. The first-order valence-corrected chi connectivity index (χ1v) is 21.4. The molecular formula is C59H40N2O. The van der Waals surface area contributed by atoms with E-state index in [1.165, 1.54) is 55.6 Å². The number of ether oxygens (including phenoxy) is 1. The smallest absolute Gasteiger partial charge is 0.160 e. The molecule has 1 unspecified atom stereocenters. The Morgan fingerprint density at radius 1 is 0.419 bits per heavy atom. The Hall–Kier alpha value is -7.88. The van der Waals surface area contributed by atoms with Crippen LogP contribution in [0.1, 0.15) is 45.8 Å². The second kappa shape index (κ2) is 14.7. The van der Waals surface area contributed by atoms with Crippen LogP contribution in [0.25, 0.3) is 61.6 Å². The van der Waals surface area contributed by atoms with Crippen molar-refractivity contribution in [2.75, 3.05) is 0 Å². The molecule has 8 aromatic carbocycles. The Morgan fingerprint density at radius 3 is 1.60 bits per heavy atom. The summed E-state index contributed by atoms with van der Waals surface area (Å²) in [6.45, 7) is 0. The van der Waals surface area contributed by atoms with Crippen LogP contribution in [0, 0.1) is 0 Å². The Bertz CT molecular complexity index is 3070. The first kappa shape index (κ1) is 36.0. The maximum absolute atomic E-state index is 6.87. The molecule has 9 aromatic rings. The fourth-order valence-electron chi connectivity index (χ4n) is 10.00. The second-order valence-corrected chi connectivity index (χ2v) is 16.4. The molecule has 0 radical (unpaired) electrons. The Morgan fingerprint density at radius 2 is 0.935 bits per heavy atom. The summed E-state index contributed by atoms with van der Waals surface area (Å²) in [6, 6.07) is 73.7. The maximum atomic E-state index is 6.87. The van der Waals surface area contributed by atoms with Crippen molar-refractivity contribution in [3.05, 3.63) is 258 Å². The van der Waals surface area contributed by atoms with E-state index in [1.54, 1.807) is 0 Å². The van der Waals surface area contributed by atoms with Crippen molar-refractivity contribution in [3.8, 4) is 67.5 Å². The molecular weight excluding hydrogens is 753 g/mol. The summed E-state index contributed by atoms with van der Waals surface area (Å²) in [5.74, 6) is 2.55. The van der Waals surface area contributed by atoms with Gasteiger partial charge >= 0.3 is 0 Å². The number of fused-ring (bicyclic) bond motifs is 9. The number of hydrogen-bond donors (Lipinski definition) is 0. The quantitative estimate of drug-likeness (QED) is 0.168. The van der Waals surface area contributed by atoms with Crippen molar-refractivity contribution in [1.29, 1.82) is 0 Å². The van der Waals surface area contributed by atoms with E-state index < -0.39 is 5.41 Å². The molecule has 1 aliphatic heterocycles. The summed E-state index contributed by atoms with van der Waals surface area (Å²) >= 11 is 0. The highest BCUT2D eigenvalue weighted by Crippen LogP contribution is 2.62. The van der Waals surface area contributed by atoms with Gasteiger partial charge < -0.3 is 4.74 Å². The molecule has 1 spiro atoms. The summed E-state index contributed by atoms with van der Waals surface area (Å²) in [6.07, 6.45) is 7.51. The third-order valence-corrected chi connectivity index (χ3v) is 13.0. The van der Waals surface area contributed by atoms with E-state index in [-0.39, 0.29) is 5.92 Å². The lowest BCUT2D eigenvalue weighted by Gasteiger charge is -2.39. The van der Waals surface area contributed by atoms with Gasteiger partial charge in [0.25, 0.3) is 0 Å². The van der Waals surface area contributed by atoms with Gasteiger partial charge in [-0.1, -0.05) is 206 Å². The van der Waals surface area contributed by atoms with Crippen LogP contribution in [-0.4, -0.2) is 9.97 Å². The number of hydrogen-bond acceptors (Lipinski definition) is 3. The Labute approximate surface area is 362 Å². The first-order chi connectivity index (χ1) is 30.7. The van der Waals surface area contributed by atoms with E-state index in [0.717, 1.165) is 57.4 Å². The number of allylic oxidation sites excluding steroid dienone is 4. The molecule has 3 nitrogen and oxygen atoms in total. The van der Waals surface area contributed by atoms with E-state index in [1.807, 2.05) is 6.07 Å². The molecule has 12 rings (SSSR count). The lowest BCUT2D eigenvalue weighted by molar-refractivity contribution is 0.436. The number of nitrogens with zero attached hydrogens (tertiary/aromatic N) is 2. The average Bonchev–Trinajstić information content (AvgIpc) is 3.65. The molecule has 0 saturated heterocycles. The van der Waals surface area contributed by atoms with Crippen molar-refractivity contribution < 1.29 is 4.74 Å². The molecule has 1 aromatic heterocycles. The zero-order valence-corrected chi connectivity index (χ0v) is 33.9. The van der Waals surface area contributed by atoms with Crippen molar-refractivity contribution in [2.24, 2.45) is 0 Å². The number of para-hydroxylation sites is 1. The lowest BCUT2D eigenvalue weighted by Crippen LogP contribution is -2.32. The highest BCUT2D eigenvalue weighted by Gasteiger charge is 2.50. The van der Waals surface area contributed by atoms with Crippen molar-refractivity contribution in [1.82, 2.24) is 9.97 Å². The molecule has 2 heterocycles. The second-order valence-electron chi connectivity index (χ2n) is 16.4. The minimum absolute atomic E-state index is 0.0419. The Balaban J connectivity index is 0.921. The fraction of sp³-hybridized carbons (Fsp3) is 0.0508. The molecule has 62 heavy (non-hydrogen) atoms. The van der Waals surface area contributed by atoms with Crippen LogP contribution in [0.5, 0.6) is 11.5 Å². The van der Waals surface area contributed by atoms with Gasteiger partial charge in [0.1, 0.15) is 11.5 Å². The standard InChI is InChI=1S/C59H40N2O/c1-3-14-39(15-4-1)41-26-30-43(31-27-41)54-38-55(61-58(60-54)44-32-28-42(29-33-44)40-16-5-2-6-17-40)47-19-13-18-45(36-47)46-34-35-53-57(37-46)62-56-25-12-11-24-52(56)59(53)50-22-9-7-20-48(50)49-21-8-10-23-51(49)59/h1-35,37-38,47H,36H2. The number of rotatable bonds is 6. The van der Waals surface area contributed by atoms with Crippen molar-refractivity contribution >= 4 is 5.57 Å². The van der Waals surface area contributed by atoms with Crippen molar-refractivity contribution in [3.63, 3.8) is 0 Å². The molecule has 0 N–H and O–H groups in total. The van der Waals surface area contributed by atoms with Crippen LogP contribution in [0.15, 0.2) is 224 Å². The maximum Gasteiger partial charge on any atom is 0.160 e. The third-order valence-electron chi connectivity index (χ3n) is 13.0. The van der Waals surface area contributed by atoms with Gasteiger partial charge in [-0.3, -0.25) is 0 Å². The SMILES string of the molecule is C1=CC(c2cc(-c3ccc(-c4ccccc4)cc3)nc(-c3ccc(-c4ccccc4)cc3)n2)CC(c2ccc3c(c2)Oc2ccccc2C32c3ccccc3-c3ccccc32)=C1. The van der Waals surface area contributed by atoms with E-state index in [0.29, 0.717) is 0 Å². The predicted molar refractivity (Wildman–Crippen MR) is 252 cm³/mol. The molecule has 3 aliphatic rings. The number of aromatic nitrogens is 2. The van der Waals surface area contributed by atoms with E-state index in [9.17, 15) is 0 Å². The van der Waals surface area contributed by atoms with Gasteiger partial charge in [-0.25, -0.2) is 9.97 Å².